The van der Waals surface area contributed by atoms with Crippen LogP contribution < -0.4 is 0 Å². The van der Waals surface area contributed by atoms with Crippen molar-refractivity contribution in [3.63, 3.8) is 0 Å². The molecule has 452 valence electrons. The Hall–Kier alpha value is -1.56. The molecule has 0 N–H and O–H groups in total. The summed E-state index contributed by atoms with van der Waals surface area (Å²) in [6.45, 7) is 3.31. The summed E-state index contributed by atoms with van der Waals surface area (Å²) in [5, 5.41) is -17.3. The smallest absolute Gasteiger partial charge is 0.374 e. The van der Waals surface area contributed by atoms with Crippen LogP contribution in [0.5, 0.6) is 0 Å². The zero-order valence-electron chi connectivity index (χ0n) is 39.3. The fourth-order valence-corrected chi connectivity index (χ4v) is 13.0. The normalized spacial score (nSPS) is 16.5. The molecule has 0 aromatic rings. The second kappa shape index (κ2) is 25.1. The summed E-state index contributed by atoms with van der Waals surface area (Å²) in [7, 11) is -9.20. The lowest BCUT2D eigenvalue weighted by molar-refractivity contribution is -0.424. The molecule has 0 aromatic heterocycles. The van der Waals surface area contributed by atoms with Crippen LogP contribution in [-0.2, 0) is 26.6 Å². The predicted molar refractivity (Wildman–Crippen MR) is 205 cm³/mol. The van der Waals surface area contributed by atoms with Crippen LogP contribution in [0.1, 0.15) is 80.1 Å². The van der Waals surface area contributed by atoms with Crippen LogP contribution in [0.25, 0.3) is 0 Å². The summed E-state index contributed by atoms with van der Waals surface area (Å²) < 4.78 is 469. The first-order valence-electron chi connectivity index (χ1n) is 21.4. The second-order valence-electron chi connectivity index (χ2n) is 15.7. The first kappa shape index (κ1) is 73.4. The molecule has 0 aliphatic heterocycles. The molecule has 39 heteroatoms. The molecule has 0 bridgehead atoms. The zero-order chi connectivity index (χ0) is 60.0. The minimum atomic E-state index is -9.18. The van der Waals surface area contributed by atoms with E-state index in [2.05, 4.69) is 0 Å². The third-order valence-electron chi connectivity index (χ3n) is 10.6. The Morgan fingerprint density at radius 2 is 0.493 bits per heavy atom. The maximum Gasteiger partial charge on any atom is 0.500 e. The highest BCUT2D eigenvalue weighted by Crippen LogP contribution is 2.69. The van der Waals surface area contributed by atoms with Gasteiger partial charge in [0.25, 0.3) is 0 Å². The lowest BCUT2D eigenvalue weighted by Crippen LogP contribution is -2.72. The van der Waals surface area contributed by atoms with Crippen molar-refractivity contribution in [3.8, 4) is 0 Å². The van der Waals surface area contributed by atoms with Gasteiger partial charge in [0, 0.05) is 76.4 Å². The molecule has 0 aliphatic rings. The number of hydrogen-bond donors (Lipinski definition) is 0. The van der Waals surface area contributed by atoms with E-state index >= 15 is 35.1 Å². The van der Waals surface area contributed by atoms with Crippen LogP contribution in [0, 0.1) is 11.8 Å². The van der Waals surface area contributed by atoms with E-state index in [9.17, 15) is 96.6 Å². The Morgan fingerprint density at radius 3 is 0.680 bits per heavy atom. The van der Waals surface area contributed by atoms with E-state index in [0.29, 0.717) is 0 Å². The molecule has 0 amide bonds. The van der Waals surface area contributed by atoms with Crippen molar-refractivity contribution >= 4 is 29.4 Å². The Balaban J connectivity index is 7.62. The van der Waals surface area contributed by atoms with Crippen LogP contribution in [0.15, 0.2) is 0 Å². The molecular formula is C36H48F30O6SSi2. The van der Waals surface area contributed by atoms with Crippen LogP contribution in [-0.4, -0.2) is 139 Å². The Labute approximate surface area is 413 Å². The minimum absolute atomic E-state index is 0.553. The quantitative estimate of drug-likeness (QED) is 0.0458. The molecule has 0 rings (SSSR count). The summed E-state index contributed by atoms with van der Waals surface area (Å²) in [6, 6.07) is -2.86. The topological polar surface area (TPSA) is 55.4 Å². The molecule has 0 radical (unpaired) electrons. The van der Waals surface area contributed by atoms with Gasteiger partial charge in [-0.15, -0.1) is 0 Å². The van der Waals surface area contributed by atoms with Crippen LogP contribution in [0.2, 0.25) is 12.1 Å². The maximum atomic E-state index is 15.4. The average Bonchev–Trinajstić information content (AvgIpc) is 3.22. The van der Waals surface area contributed by atoms with Gasteiger partial charge >= 0.3 is 99.7 Å². The van der Waals surface area contributed by atoms with Gasteiger partial charge in [0.1, 0.15) is 0 Å². The molecule has 0 saturated heterocycles. The first-order valence-corrected chi connectivity index (χ1v) is 26.1. The molecule has 0 spiro atoms. The predicted octanol–water partition coefficient (Wildman–Crippen LogP) is 16.1. The molecule has 6 nitrogen and oxygen atoms in total. The van der Waals surface area contributed by atoms with Crippen LogP contribution >= 0.6 is 11.8 Å². The lowest BCUT2D eigenvalue weighted by Gasteiger charge is -2.45. The maximum absolute atomic E-state index is 15.4. The van der Waals surface area contributed by atoms with Gasteiger partial charge in [-0.25, -0.2) is 0 Å². The lowest BCUT2D eigenvalue weighted by atomic mass is 9.83. The van der Waals surface area contributed by atoms with E-state index in [1.54, 1.807) is 0 Å². The van der Waals surface area contributed by atoms with Crippen LogP contribution in [0.4, 0.5) is 132 Å². The van der Waals surface area contributed by atoms with Crippen molar-refractivity contribution in [1.29, 1.82) is 0 Å². The summed E-state index contributed by atoms with van der Waals surface area (Å²) >= 11 is -4.66. The monoisotopic (exact) mass is 1230 g/mol. The number of alkyl halides is 30. The van der Waals surface area contributed by atoms with Crippen molar-refractivity contribution < 1.29 is 158 Å². The van der Waals surface area contributed by atoms with E-state index in [-0.39, 0.29) is 0 Å². The van der Waals surface area contributed by atoms with Gasteiger partial charge in [-0.1, -0.05) is 0 Å². The molecule has 0 aliphatic carbocycles. The van der Waals surface area contributed by atoms with Crippen molar-refractivity contribution in [1.82, 2.24) is 0 Å². The van der Waals surface area contributed by atoms with Crippen LogP contribution in [0.3, 0.4) is 0 Å². The van der Waals surface area contributed by atoms with E-state index in [1.807, 2.05) is 0 Å². The fraction of sp³-hybridized carbons (Fsp3) is 1.00. The first-order chi connectivity index (χ1) is 33.2. The second-order valence-corrected chi connectivity index (χ2v) is 22.4. The SMILES string of the molecule is CCO[Si](CCC(CCC(F)(F)F)C(F)(F)C(F)(F)C(F)(F)C(F)(F)C(F)(F)C(F)(F)SC(F)(F)C(F)(F)C(F)(F)C(F)(F)C(F)(F)C(F)(F)C(CCC(F)(F)F)CC[Si](OCC)(OCC)OCC)(OCC)OCC. The largest absolute Gasteiger partial charge is 0.500 e. The Kier molecular flexibility index (Phi) is 24.6. The number of thioether (sulfide) groups is 1. The van der Waals surface area contributed by atoms with Crippen molar-refractivity contribution in [2.45, 2.75) is 174 Å². The standard InChI is InChI=1S/C36H48F30O6SSi2/c1-7-67-74(68-8-2,69-9-3)19-15-21(13-17-23(37,38)39)25(43,44)27(47,48)29(51,52)31(55,56)33(59,60)35(63,64)73-36(65,66)34(61,62)32(57,58)30(53,54)28(49,50)26(45,46)22(14-18-24(40,41)42)16-20-75(70-10-4,71-11-5)72-12-6/h21-22H,7-20H2,1-6H3. The van der Waals surface area contributed by atoms with E-state index < -0.39 is 214 Å². The highest BCUT2D eigenvalue weighted by Gasteiger charge is 2.94. The highest BCUT2D eigenvalue weighted by molar-refractivity contribution is 8.01. The molecule has 2 unspecified atom stereocenters. The summed E-state index contributed by atoms with van der Waals surface area (Å²) in [4.78, 5) is 0. The van der Waals surface area contributed by atoms with Gasteiger partial charge in [-0.05, 0) is 79.0 Å². The number of halogens is 30. The summed E-state index contributed by atoms with van der Waals surface area (Å²) in [5.41, 5.74) is 0. The van der Waals surface area contributed by atoms with Gasteiger partial charge in [-0.2, -0.15) is 132 Å². The minimum Gasteiger partial charge on any atom is -0.374 e. The molecule has 75 heavy (non-hydrogen) atoms. The molecular weight excluding hydrogens is 1190 g/mol. The molecule has 0 saturated carbocycles. The van der Waals surface area contributed by atoms with Gasteiger partial charge in [0.2, 0.25) is 0 Å². The van der Waals surface area contributed by atoms with Gasteiger partial charge < -0.3 is 26.6 Å². The summed E-state index contributed by atoms with van der Waals surface area (Å²) in [6.07, 6.45) is -26.3. The third-order valence-corrected chi connectivity index (χ3v) is 17.8. The van der Waals surface area contributed by atoms with E-state index in [1.165, 1.54) is 0 Å². The van der Waals surface area contributed by atoms with E-state index in [0.717, 1.165) is 41.5 Å². The average molecular weight is 1230 g/mol. The highest BCUT2D eigenvalue weighted by atomic mass is 32.2. The molecule has 0 fully saturated rings. The van der Waals surface area contributed by atoms with Gasteiger partial charge in [-0.3, -0.25) is 0 Å². The zero-order valence-corrected chi connectivity index (χ0v) is 42.1. The Morgan fingerprint density at radius 1 is 0.293 bits per heavy atom. The van der Waals surface area contributed by atoms with Crippen molar-refractivity contribution in [2.24, 2.45) is 11.8 Å². The number of rotatable bonds is 36. The van der Waals surface area contributed by atoms with Crippen molar-refractivity contribution in [3.05, 3.63) is 0 Å². The summed E-state index contributed by atoms with van der Waals surface area (Å²) in [5.74, 6) is -94.3. The molecule has 0 heterocycles. The van der Waals surface area contributed by atoms with Crippen molar-refractivity contribution in [2.75, 3.05) is 39.6 Å². The number of hydrogen-bond acceptors (Lipinski definition) is 7. The van der Waals surface area contributed by atoms with Gasteiger partial charge in [0.15, 0.2) is 0 Å². The third kappa shape index (κ3) is 15.1. The van der Waals surface area contributed by atoms with E-state index in [4.69, 9.17) is 26.6 Å². The molecule has 0 aromatic carbocycles. The van der Waals surface area contributed by atoms with Gasteiger partial charge in [0.05, 0.1) is 0 Å². The fourth-order valence-electron chi connectivity index (χ4n) is 6.77. The Bertz CT molecular complexity index is 1600. The molecule has 2 atom stereocenters.